The SMILES string of the molecule is COC(=O)C(N)Cc1cn(C(C)C)nn1. The topological polar surface area (TPSA) is 83.0 Å². The number of carbonyl (C=O) groups excluding carboxylic acids is 1. The lowest BCUT2D eigenvalue weighted by Gasteiger charge is -2.06. The monoisotopic (exact) mass is 212 g/mol. The number of rotatable bonds is 4. The molecule has 0 amide bonds. The van der Waals surface area contributed by atoms with Crippen LogP contribution < -0.4 is 5.73 Å². The fourth-order valence-corrected chi connectivity index (χ4v) is 1.12. The zero-order chi connectivity index (χ0) is 11.4. The Morgan fingerprint density at radius 2 is 2.33 bits per heavy atom. The number of ether oxygens (including phenoxy) is 1. The second-order valence-electron chi connectivity index (χ2n) is 3.62. The molecule has 0 aliphatic rings. The molecule has 2 N–H and O–H groups in total. The predicted molar refractivity (Wildman–Crippen MR) is 54.1 cm³/mol. The molecule has 6 heteroatoms. The van der Waals surface area contributed by atoms with Crippen LogP contribution in [0.1, 0.15) is 25.6 Å². The standard InChI is InChI=1S/C9H16N4O2/c1-6(2)13-5-7(11-12-13)4-8(10)9(14)15-3/h5-6,8H,4,10H2,1-3H3. The Morgan fingerprint density at radius 3 is 2.80 bits per heavy atom. The summed E-state index contributed by atoms with van der Waals surface area (Å²) < 4.78 is 6.24. The van der Waals surface area contributed by atoms with Crippen LogP contribution >= 0.6 is 0 Å². The van der Waals surface area contributed by atoms with Crippen molar-refractivity contribution in [1.29, 1.82) is 0 Å². The molecule has 0 aliphatic heterocycles. The summed E-state index contributed by atoms with van der Waals surface area (Å²) in [5.74, 6) is -0.436. The molecular weight excluding hydrogens is 196 g/mol. The molecule has 0 bridgehead atoms. The first kappa shape index (κ1) is 11.6. The Bertz CT molecular complexity index is 335. The van der Waals surface area contributed by atoms with Gasteiger partial charge in [0.15, 0.2) is 0 Å². The summed E-state index contributed by atoms with van der Waals surface area (Å²) in [6.07, 6.45) is 2.13. The highest BCUT2D eigenvalue weighted by molar-refractivity contribution is 5.75. The maximum Gasteiger partial charge on any atom is 0.323 e. The van der Waals surface area contributed by atoms with Crippen LogP contribution in [-0.2, 0) is 16.0 Å². The lowest BCUT2D eigenvalue weighted by molar-refractivity contribution is -0.142. The van der Waals surface area contributed by atoms with E-state index in [2.05, 4.69) is 15.0 Å². The Balaban J connectivity index is 2.61. The van der Waals surface area contributed by atoms with Crippen LogP contribution in [0.2, 0.25) is 0 Å². The van der Waals surface area contributed by atoms with Crippen molar-refractivity contribution >= 4 is 5.97 Å². The summed E-state index contributed by atoms with van der Waals surface area (Å²) in [7, 11) is 1.31. The first-order chi connectivity index (χ1) is 7.04. The highest BCUT2D eigenvalue weighted by Gasteiger charge is 2.16. The van der Waals surface area contributed by atoms with Crippen LogP contribution in [0.25, 0.3) is 0 Å². The maximum absolute atomic E-state index is 11.1. The second kappa shape index (κ2) is 4.88. The summed E-state index contributed by atoms with van der Waals surface area (Å²) >= 11 is 0. The van der Waals surface area contributed by atoms with E-state index in [0.717, 1.165) is 0 Å². The minimum atomic E-state index is -0.674. The zero-order valence-corrected chi connectivity index (χ0v) is 9.17. The summed E-state index contributed by atoms with van der Waals surface area (Å²) in [6, 6.07) is -0.423. The number of nitrogens with two attached hydrogens (primary N) is 1. The number of carbonyl (C=O) groups is 1. The number of esters is 1. The normalized spacial score (nSPS) is 12.9. The molecule has 1 aromatic rings. The number of hydrogen-bond donors (Lipinski definition) is 1. The van der Waals surface area contributed by atoms with Gasteiger partial charge in [-0.1, -0.05) is 5.21 Å². The molecule has 0 saturated heterocycles. The van der Waals surface area contributed by atoms with Crippen LogP contribution in [0, 0.1) is 0 Å². The third kappa shape index (κ3) is 3.02. The minimum Gasteiger partial charge on any atom is -0.468 e. The molecule has 1 atom stereocenters. The number of hydrogen-bond acceptors (Lipinski definition) is 5. The van der Waals surface area contributed by atoms with Crippen LogP contribution in [0.5, 0.6) is 0 Å². The van der Waals surface area contributed by atoms with Gasteiger partial charge in [-0.25, -0.2) is 4.68 Å². The molecule has 0 spiro atoms. The summed E-state index contributed by atoms with van der Waals surface area (Å²) in [4.78, 5) is 11.1. The van der Waals surface area contributed by atoms with Gasteiger partial charge in [0.05, 0.1) is 12.8 Å². The molecule has 0 aromatic carbocycles. The molecular formula is C9H16N4O2. The van der Waals surface area contributed by atoms with E-state index >= 15 is 0 Å². The molecule has 84 valence electrons. The Morgan fingerprint density at radius 1 is 1.67 bits per heavy atom. The van der Waals surface area contributed by atoms with E-state index < -0.39 is 12.0 Å². The van der Waals surface area contributed by atoms with Crippen LogP contribution in [0.3, 0.4) is 0 Å². The largest absolute Gasteiger partial charge is 0.468 e. The van der Waals surface area contributed by atoms with E-state index in [9.17, 15) is 4.79 Å². The Kier molecular flexibility index (Phi) is 3.79. The number of nitrogens with zero attached hydrogens (tertiary/aromatic N) is 3. The van der Waals surface area contributed by atoms with Gasteiger partial charge in [-0.3, -0.25) is 4.79 Å². The van der Waals surface area contributed by atoms with Crippen LogP contribution in [-0.4, -0.2) is 34.1 Å². The zero-order valence-electron chi connectivity index (χ0n) is 9.17. The third-order valence-corrected chi connectivity index (χ3v) is 2.02. The van der Waals surface area contributed by atoms with Crippen molar-refractivity contribution < 1.29 is 9.53 Å². The molecule has 1 rings (SSSR count). The maximum atomic E-state index is 11.1. The second-order valence-corrected chi connectivity index (χ2v) is 3.62. The highest BCUT2D eigenvalue weighted by Crippen LogP contribution is 2.04. The van der Waals surface area contributed by atoms with Crippen molar-refractivity contribution in [2.24, 2.45) is 5.73 Å². The molecule has 0 fully saturated rings. The molecule has 6 nitrogen and oxygen atoms in total. The first-order valence-electron chi connectivity index (χ1n) is 4.78. The fraction of sp³-hybridized carbons (Fsp3) is 0.667. The lowest BCUT2D eigenvalue weighted by atomic mass is 10.2. The summed E-state index contributed by atoms with van der Waals surface area (Å²) in [5, 5.41) is 7.83. The van der Waals surface area contributed by atoms with Crippen molar-refractivity contribution in [2.75, 3.05) is 7.11 Å². The smallest absolute Gasteiger partial charge is 0.323 e. The van der Waals surface area contributed by atoms with E-state index in [0.29, 0.717) is 12.1 Å². The number of aromatic nitrogens is 3. The Hall–Kier alpha value is -1.43. The average Bonchev–Trinajstić information content (AvgIpc) is 2.65. The summed E-state index contributed by atoms with van der Waals surface area (Å²) in [6.45, 7) is 4.00. The molecule has 1 heterocycles. The lowest BCUT2D eigenvalue weighted by Crippen LogP contribution is -2.33. The van der Waals surface area contributed by atoms with Gasteiger partial charge in [0.1, 0.15) is 6.04 Å². The third-order valence-electron chi connectivity index (χ3n) is 2.02. The molecule has 0 aliphatic carbocycles. The van der Waals surface area contributed by atoms with Gasteiger partial charge < -0.3 is 10.5 Å². The van der Waals surface area contributed by atoms with Crippen LogP contribution in [0.4, 0.5) is 0 Å². The first-order valence-corrected chi connectivity index (χ1v) is 4.78. The van der Waals surface area contributed by atoms with E-state index in [4.69, 9.17) is 5.73 Å². The molecule has 1 aromatic heterocycles. The predicted octanol–water partition coefficient (Wildman–Crippen LogP) is -0.0982. The molecule has 1 unspecified atom stereocenters. The fourth-order valence-electron chi connectivity index (χ4n) is 1.12. The minimum absolute atomic E-state index is 0.251. The van der Waals surface area contributed by atoms with E-state index in [1.807, 2.05) is 13.8 Å². The molecule has 0 saturated carbocycles. The van der Waals surface area contributed by atoms with Gasteiger partial charge in [0.25, 0.3) is 0 Å². The summed E-state index contributed by atoms with van der Waals surface area (Å²) in [5.41, 5.74) is 6.29. The molecule has 15 heavy (non-hydrogen) atoms. The average molecular weight is 212 g/mol. The van der Waals surface area contributed by atoms with E-state index in [-0.39, 0.29) is 6.04 Å². The number of methoxy groups -OCH3 is 1. The van der Waals surface area contributed by atoms with Crippen molar-refractivity contribution in [3.8, 4) is 0 Å². The highest BCUT2D eigenvalue weighted by atomic mass is 16.5. The van der Waals surface area contributed by atoms with Crippen molar-refractivity contribution in [1.82, 2.24) is 15.0 Å². The van der Waals surface area contributed by atoms with Crippen molar-refractivity contribution in [3.05, 3.63) is 11.9 Å². The quantitative estimate of drug-likeness (QED) is 0.705. The van der Waals surface area contributed by atoms with Gasteiger partial charge in [0, 0.05) is 18.7 Å². The Labute approximate surface area is 88.4 Å². The van der Waals surface area contributed by atoms with Gasteiger partial charge in [0.2, 0.25) is 0 Å². The van der Waals surface area contributed by atoms with Gasteiger partial charge in [-0.05, 0) is 13.8 Å². The van der Waals surface area contributed by atoms with Gasteiger partial charge in [-0.2, -0.15) is 0 Å². The van der Waals surface area contributed by atoms with Gasteiger partial charge in [-0.15, -0.1) is 5.10 Å². The van der Waals surface area contributed by atoms with Crippen molar-refractivity contribution in [3.63, 3.8) is 0 Å². The van der Waals surface area contributed by atoms with E-state index in [1.54, 1.807) is 10.9 Å². The van der Waals surface area contributed by atoms with Crippen LogP contribution in [0.15, 0.2) is 6.20 Å². The van der Waals surface area contributed by atoms with E-state index in [1.165, 1.54) is 7.11 Å². The molecule has 0 radical (unpaired) electrons. The van der Waals surface area contributed by atoms with Gasteiger partial charge >= 0.3 is 5.97 Å². The van der Waals surface area contributed by atoms with Crippen molar-refractivity contribution in [2.45, 2.75) is 32.4 Å².